The Kier molecular flexibility index (Phi) is 3.46. The lowest BCUT2D eigenvalue weighted by Crippen LogP contribution is -2.31. The maximum atomic E-state index is 13.7. The van der Waals surface area contributed by atoms with Crippen molar-refractivity contribution in [3.05, 3.63) is 57.2 Å². The van der Waals surface area contributed by atoms with Crippen molar-refractivity contribution in [3.63, 3.8) is 0 Å². The number of pyridine rings is 1. The number of fused-ring (bicyclic) bond motifs is 1. The molecule has 1 aliphatic heterocycles. The second-order valence-electron chi connectivity index (χ2n) is 4.99. The van der Waals surface area contributed by atoms with Crippen LogP contribution < -0.4 is 4.90 Å². The number of anilines is 1. The first-order chi connectivity index (χ1) is 9.54. The van der Waals surface area contributed by atoms with E-state index in [0.29, 0.717) is 30.6 Å². The van der Waals surface area contributed by atoms with E-state index in [4.69, 9.17) is 0 Å². The molecule has 0 bridgehead atoms. The van der Waals surface area contributed by atoms with Crippen LogP contribution in [0.15, 0.2) is 28.9 Å². The van der Waals surface area contributed by atoms with Crippen LogP contribution in [-0.4, -0.2) is 11.5 Å². The van der Waals surface area contributed by atoms with Crippen LogP contribution in [-0.2, 0) is 13.0 Å². The predicted molar refractivity (Wildman–Crippen MR) is 77.8 cm³/mol. The van der Waals surface area contributed by atoms with Crippen molar-refractivity contribution in [2.24, 2.45) is 0 Å². The lowest BCUT2D eigenvalue weighted by molar-refractivity contribution is 0.555. The van der Waals surface area contributed by atoms with Gasteiger partial charge in [-0.25, -0.2) is 13.8 Å². The largest absolute Gasteiger partial charge is 0.352 e. The number of hydrogen-bond acceptors (Lipinski definition) is 2. The number of aryl methyl sites for hydroxylation is 1. The van der Waals surface area contributed by atoms with E-state index in [1.807, 2.05) is 17.9 Å². The number of rotatable bonds is 1. The third-order valence-electron chi connectivity index (χ3n) is 3.60. The van der Waals surface area contributed by atoms with E-state index in [-0.39, 0.29) is 0 Å². The zero-order chi connectivity index (χ0) is 14.3. The highest BCUT2D eigenvalue weighted by Crippen LogP contribution is 2.27. The first-order valence-corrected chi connectivity index (χ1v) is 7.18. The summed E-state index contributed by atoms with van der Waals surface area (Å²) in [5.41, 5.74) is 2.42. The van der Waals surface area contributed by atoms with Gasteiger partial charge in [0.25, 0.3) is 0 Å². The van der Waals surface area contributed by atoms with Crippen LogP contribution in [0.4, 0.5) is 14.6 Å². The summed E-state index contributed by atoms with van der Waals surface area (Å²) in [5, 5.41) is 0. The van der Waals surface area contributed by atoms with Gasteiger partial charge < -0.3 is 4.90 Å². The van der Waals surface area contributed by atoms with Crippen molar-refractivity contribution in [2.75, 3.05) is 11.4 Å². The fourth-order valence-electron chi connectivity index (χ4n) is 2.50. The third kappa shape index (κ3) is 2.42. The summed E-state index contributed by atoms with van der Waals surface area (Å²) in [7, 11) is 0. The van der Waals surface area contributed by atoms with Gasteiger partial charge in [0.1, 0.15) is 17.5 Å². The van der Waals surface area contributed by atoms with Crippen molar-refractivity contribution in [1.82, 2.24) is 4.98 Å². The molecule has 2 aromatic rings. The SMILES string of the molecule is Cc1cc(N2CCc3c(F)cc(F)cc3C2)ncc1Br. The molecule has 1 aliphatic rings. The average molecular weight is 339 g/mol. The van der Waals surface area contributed by atoms with Gasteiger partial charge in [-0.1, -0.05) is 0 Å². The lowest BCUT2D eigenvalue weighted by atomic mass is 9.99. The minimum absolute atomic E-state index is 0.445. The molecule has 1 aromatic heterocycles. The number of hydrogen-bond donors (Lipinski definition) is 0. The van der Waals surface area contributed by atoms with Crippen LogP contribution in [0.3, 0.4) is 0 Å². The van der Waals surface area contributed by atoms with E-state index in [2.05, 4.69) is 20.9 Å². The summed E-state index contributed by atoms with van der Waals surface area (Å²) >= 11 is 3.42. The molecule has 0 saturated carbocycles. The molecule has 20 heavy (non-hydrogen) atoms. The van der Waals surface area contributed by atoms with Crippen LogP contribution in [0.5, 0.6) is 0 Å². The Labute approximate surface area is 124 Å². The van der Waals surface area contributed by atoms with Gasteiger partial charge in [-0.05, 0) is 58.1 Å². The van der Waals surface area contributed by atoms with Gasteiger partial charge in [-0.15, -0.1) is 0 Å². The summed E-state index contributed by atoms with van der Waals surface area (Å²) in [6.45, 7) is 3.16. The first-order valence-electron chi connectivity index (χ1n) is 6.38. The normalized spacial score (nSPS) is 14.3. The van der Waals surface area contributed by atoms with Crippen molar-refractivity contribution in [2.45, 2.75) is 19.9 Å². The minimum Gasteiger partial charge on any atom is -0.352 e. The van der Waals surface area contributed by atoms with E-state index in [1.165, 1.54) is 6.07 Å². The maximum absolute atomic E-state index is 13.7. The first kappa shape index (κ1) is 13.5. The summed E-state index contributed by atoms with van der Waals surface area (Å²) in [6.07, 6.45) is 2.32. The molecule has 0 aliphatic carbocycles. The molecule has 0 N–H and O–H groups in total. The molecular formula is C15H13BrF2N2. The van der Waals surface area contributed by atoms with E-state index < -0.39 is 11.6 Å². The summed E-state index contributed by atoms with van der Waals surface area (Å²) in [4.78, 5) is 6.41. The highest BCUT2D eigenvalue weighted by atomic mass is 79.9. The maximum Gasteiger partial charge on any atom is 0.129 e. The smallest absolute Gasteiger partial charge is 0.129 e. The highest BCUT2D eigenvalue weighted by Gasteiger charge is 2.21. The standard InChI is InChI=1S/C15H13BrF2N2/c1-9-4-15(19-7-13(9)16)20-3-2-12-10(8-20)5-11(17)6-14(12)18/h4-7H,2-3,8H2,1H3. The average Bonchev–Trinajstić information content (AvgIpc) is 2.41. The van der Waals surface area contributed by atoms with Crippen LogP contribution >= 0.6 is 15.9 Å². The Hall–Kier alpha value is -1.49. The van der Waals surface area contributed by atoms with Gasteiger partial charge in [0.15, 0.2) is 0 Å². The molecule has 0 unspecified atom stereocenters. The third-order valence-corrected chi connectivity index (χ3v) is 4.43. The van der Waals surface area contributed by atoms with E-state index in [9.17, 15) is 8.78 Å². The van der Waals surface area contributed by atoms with Crippen LogP contribution in [0.1, 0.15) is 16.7 Å². The number of aromatic nitrogens is 1. The van der Waals surface area contributed by atoms with E-state index in [1.54, 1.807) is 6.20 Å². The summed E-state index contributed by atoms with van der Waals surface area (Å²) in [6, 6.07) is 4.34. The molecule has 1 aromatic carbocycles. The molecule has 104 valence electrons. The zero-order valence-corrected chi connectivity index (χ0v) is 12.5. The van der Waals surface area contributed by atoms with Crippen LogP contribution in [0.25, 0.3) is 0 Å². The van der Waals surface area contributed by atoms with Crippen molar-refractivity contribution < 1.29 is 8.78 Å². The van der Waals surface area contributed by atoms with Gasteiger partial charge in [0, 0.05) is 29.8 Å². The van der Waals surface area contributed by atoms with Gasteiger partial charge in [0.05, 0.1) is 0 Å². The fourth-order valence-corrected chi connectivity index (χ4v) is 2.72. The van der Waals surface area contributed by atoms with Crippen LogP contribution in [0, 0.1) is 18.6 Å². The van der Waals surface area contributed by atoms with Gasteiger partial charge in [-0.3, -0.25) is 0 Å². The molecule has 2 nitrogen and oxygen atoms in total. The molecule has 0 saturated heterocycles. The molecule has 0 fully saturated rings. The fraction of sp³-hybridized carbons (Fsp3) is 0.267. The topological polar surface area (TPSA) is 16.1 Å². The van der Waals surface area contributed by atoms with Gasteiger partial charge in [-0.2, -0.15) is 0 Å². The molecule has 0 amide bonds. The number of halogens is 3. The highest BCUT2D eigenvalue weighted by molar-refractivity contribution is 9.10. The van der Waals surface area contributed by atoms with Crippen molar-refractivity contribution >= 4 is 21.7 Å². The van der Waals surface area contributed by atoms with E-state index >= 15 is 0 Å². The quantitative estimate of drug-likeness (QED) is 0.781. The zero-order valence-electron chi connectivity index (χ0n) is 11.0. The van der Waals surface area contributed by atoms with Gasteiger partial charge in [0.2, 0.25) is 0 Å². The van der Waals surface area contributed by atoms with E-state index in [0.717, 1.165) is 21.9 Å². The molecule has 0 radical (unpaired) electrons. The molecule has 2 heterocycles. The second-order valence-corrected chi connectivity index (χ2v) is 5.84. The number of benzene rings is 1. The molecule has 0 spiro atoms. The molecular weight excluding hydrogens is 326 g/mol. The molecule has 0 atom stereocenters. The summed E-state index contributed by atoms with van der Waals surface area (Å²) in [5.74, 6) is -0.135. The lowest BCUT2D eigenvalue weighted by Gasteiger charge is -2.30. The predicted octanol–water partition coefficient (Wildman–Crippen LogP) is 3.99. The van der Waals surface area contributed by atoms with Crippen molar-refractivity contribution in [3.8, 4) is 0 Å². The summed E-state index contributed by atoms with van der Waals surface area (Å²) < 4.78 is 28.0. The second kappa shape index (κ2) is 5.13. The Bertz CT molecular complexity index is 673. The van der Waals surface area contributed by atoms with Gasteiger partial charge >= 0.3 is 0 Å². The monoisotopic (exact) mass is 338 g/mol. The van der Waals surface area contributed by atoms with Crippen molar-refractivity contribution in [1.29, 1.82) is 0 Å². The minimum atomic E-state index is -0.525. The molecule has 3 rings (SSSR count). The number of nitrogens with zero attached hydrogens (tertiary/aromatic N) is 2. The Balaban J connectivity index is 1.93. The Morgan fingerprint density at radius 1 is 1.25 bits per heavy atom. The molecule has 5 heteroatoms. The Morgan fingerprint density at radius 3 is 2.80 bits per heavy atom. The van der Waals surface area contributed by atoms with Crippen LogP contribution in [0.2, 0.25) is 0 Å². The Morgan fingerprint density at radius 2 is 2.05 bits per heavy atom.